The number of hydrogen-bond acceptors (Lipinski definition) is 5. The van der Waals surface area contributed by atoms with Crippen LogP contribution in [0.1, 0.15) is 15.9 Å². The lowest BCUT2D eigenvalue weighted by atomic mass is 10.2. The van der Waals surface area contributed by atoms with Crippen LogP contribution in [0.4, 0.5) is 18.3 Å². The monoisotopic (exact) mass is 381 g/mol. The van der Waals surface area contributed by atoms with Crippen molar-refractivity contribution in [2.75, 3.05) is 5.32 Å². The molecule has 0 saturated heterocycles. The predicted molar refractivity (Wildman–Crippen MR) is 90.2 cm³/mol. The Labute approximate surface area is 149 Å². The quantitative estimate of drug-likeness (QED) is 0.522. The molecular formula is C16H10F3N3OS2. The first-order chi connectivity index (χ1) is 12.0. The lowest BCUT2D eigenvalue weighted by Crippen LogP contribution is -2.13. The minimum atomic E-state index is -0.962. The van der Waals surface area contributed by atoms with E-state index in [0.717, 1.165) is 23.5 Å². The topological polar surface area (TPSA) is 54.9 Å². The van der Waals surface area contributed by atoms with Crippen molar-refractivity contribution >= 4 is 34.1 Å². The SMILES string of the molecule is O=C(Nc1nnc(SCc2ccccc2F)s1)c1ccc(F)cc1F. The van der Waals surface area contributed by atoms with E-state index in [0.29, 0.717) is 21.7 Å². The number of nitrogens with zero attached hydrogens (tertiary/aromatic N) is 2. The van der Waals surface area contributed by atoms with Crippen LogP contribution in [0, 0.1) is 17.5 Å². The zero-order valence-corrected chi connectivity index (χ0v) is 14.1. The van der Waals surface area contributed by atoms with Gasteiger partial charge in [0.1, 0.15) is 17.5 Å². The van der Waals surface area contributed by atoms with E-state index >= 15 is 0 Å². The summed E-state index contributed by atoms with van der Waals surface area (Å²) >= 11 is 2.35. The molecule has 0 spiro atoms. The highest BCUT2D eigenvalue weighted by Crippen LogP contribution is 2.29. The molecule has 0 aliphatic heterocycles. The van der Waals surface area contributed by atoms with Gasteiger partial charge in [0.15, 0.2) is 4.34 Å². The zero-order chi connectivity index (χ0) is 17.8. The average Bonchev–Trinajstić information content (AvgIpc) is 3.01. The highest BCUT2D eigenvalue weighted by molar-refractivity contribution is 8.00. The standard InChI is InChI=1S/C16H10F3N3OS2/c17-10-5-6-11(13(19)7-10)14(23)20-15-21-22-16(25-15)24-8-9-3-1-2-4-12(9)18/h1-7H,8H2,(H,20,21,23). The summed E-state index contributed by atoms with van der Waals surface area (Å²) in [5.41, 5.74) is 0.235. The Morgan fingerprint density at radius 1 is 1.08 bits per heavy atom. The first kappa shape index (κ1) is 17.4. The number of amides is 1. The molecule has 1 heterocycles. The van der Waals surface area contributed by atoms with Gasteiger partial charge in [-0.25, -0.2) is 13.2 Å². The van der Waals surface area contributed by atoms with Crippen LogP contribution in [0.15, 0.2) is 46.8 Å². The van der Waals surface area contributed by atoms with E-state index < -0.39 is 17.5 Å². The third-order valence-corrected chi connectivity index (χ3v) is 5.13. The van der Waals surface area contributed by atoms with Crippen molar-refractivity contribution in [3.63, 3.8) is 0 Å². The molecule has 0 radical (unpaired) electrons. The second kappa shape index (κ2) is 7.66. The normalized spacial score (nSPS) is 10.7. The van der Waals surface area contributed by atoms with Crippen LogP contribution >= 0.6 is 23.1 Å². The van der Waals surface area contributed by atoms with Gasteiger partial charge in [0.05, 0.1) is 5.56 Å². The lowest BCUT2D eigenvalue weighted by molar-refractivity contribution is 0.102. The maximum Gasteiger partial charge on any atom is 0.260 e. The van der Waals surface area contributed by atoms with Crippen molar-refractivity contribution in [1.82, 2.24) is 10.2 Å². The number of hydrogen-bond donors (Lipinski definition) is 1. The second-order valence-corrected chi connectivity index (χ2v) is 7.03. The summed E-state index contributed by atoms with van der Waals surface area (Å²) in [5.74, 6) is -2.42. The van der Waals surface area contributed by atoms with Gasteiger partial charge < -0.3 is 0 Å². The number of anilines is 1. The summed E-state index contributed by atoms with van der Waals surface area (Å²) in [7, 11) is 0. The van der Waals surface area contributed by atoms with Crippen molar-refractivity contribution in [3.05, 3.63) is 71.0 Å². The van der Waals surface area contributed by atoms with E-state index in [1.54, 1.807) is 18.2 Å². The van der Waals surface area contributed by atoms with E-state index in [9.17, 15) is 18.0 Å². The van der Waals surface area contributed by atoms with Crippen LogP contribution in [0.25, 0.3) is 0 Å². The van der Waals surface area contributed by atoms with Gasteiger partial charge in [-0.1, -0.05) is 41.3 Å². The minimum Gasteiger partial charge on any atom is -0.296 e. The molecule has 3 rings (SSSR count). The number of thioether (sulfide) groups is 1. The molecule has 2 aromatic carbocycles. The fourth-order valence-corrected chi connectivity index (χ4v) is 3.64. The van der Waals surface area contributed by atoms with Gasteiger partial charge in [0, 0.05) is 11.8 Å². The smallest absolute Gasteiger partial charge is 0.260 e. The summed E-state index contributed by atoms with van der Waals surface area (Å²) in [5, 5.41) is 10.2. The molecule has 9 heteroatoms. The van der Waals surface area contributed by atoms with Crippen molar-refractivity contribution in [3.8, 4) is 0 Å². The molecule has 1 amide bonds. The number of aromatic nitrogens is 2. The summed E-state index contributed by atoms with van der Waals surface area (Å²) < 4.78 is 40.5. The molecule has 0 unspecified atom stereocenters. The average molecular weight is 381 g/mol. The Kier molecular flexibility index (Phi) is 5.34. The number of carbonyl (C=O) groups is 1. The van der Waals surface area contributed by atoms with Crippen molar-refractivity contribution in [2.45, 2.75) is 10.1 Å². The Balaban J connectivity index is 1.63. The van der Waals surface area contributed by atoms with E-state index in [4.69, 9.17) is 0 Å². The fraction of sp³-hybridized carbons (Fsp3) is 0.0625. The van der Waals surface area contributed by atoms with Gasteiger partial charge in [-0.3, -0.25) is 10.1 Å². The van der Waals surface area contributed by atoms with E-state index in [2.05, 4.69) is 15.5 Å². The van der Waals surface area contributed by atoms with Gasteiger partial charge in [0.25, 0.3) is 5.91 Å². The van der Waals surface area contributed by atoms with E-state index in [1.807, 2.05) is 0 Å². The highest BCUT2D eigenvalue weighted by Gasteiger charge is 2.15. The Bertz CT molecular complexity index is 917. The molecule has 128 valence electrons. The van der Waals surface area contributed by atoms with Gasteiger partial charge >= 0.3 is 0 Å². The van der Waals surface area contributed by atoms with Crippen LogP contribution in [-0.4, -0.2) is 16.1 Å². The first-order valence-electron chi connectivity index (χ1n) is 6.99. The molecule has 0 atom stereocenters. The van der Waals surface area contributed by atoms with Gasteiger partial charge in [0.2, 0.25) is 5.13 Å². The summed E-state index contributed by atoms with van der Waals surface area (Å²) in [6.45, 7) is 0. The Morgan fingerprint density at radius 3 is 2.64 bits per heavy atom. The molecule has 25 heavy (non-hydrogen) atoms. The van der Waals surface area contributed by atoms with Crippen molar-refractivity contribution in [2.24, 2.45) is 0 Å². The molecular weight excluding hydrogens is 371 g/mol. The van der Waals surface area contributed by atoms with Crippen molar-refractivity contribution in [1.29, 1.82) is 0 Å². The van der Waals surface area contributed by atoms with Gasteiger partial charge in [-0.05, 0) is 23.8 Å². The molecule has 0 aliphatic carbocycles. The van der Waals surface area contributed by atoms with Gasteiger partial charge in [-0.15, -0.1) is 10.2 Å². The predicted octanol–water partition coefficient (Wildman–Crippen LogP) is 4.50. The molecule has 1 aromatic heterocycles. The second-order valence-electron chi connectivity index (χ2n) is 4.83. The first-order valence-corrected chi connectivity index (χ1v) is 8.79. The zero-order valence-electron chi connectivity index (χ0n) is 12.5. The van der Waals surface area contributed by atoms with E-state index in [1.165, 1.54) is 17.8 Å². The summed E-state index contributed by atoms with van der Waals surface area (Å²) in [6, 6.07) is 9.06. The fourth-order valence-electron chi connectivity index (χ4n) is 1.91. The number of rotatable bonds is 5. The molecule has 0 bridgehead atoms. The Morgan fingerprint density at radius 2 is 1.88 bits per heavy atom. The van der Waals surface area contributed by atoms with Gasteiger partial charge in [-0.2, -0.15) is 0 Å². The van der Waals surface area contributed by atoms with E-state index in [-0.39, 0.29) is 16.5 Å². The third kappa shape index (κ3) is 4.37. The van der Waals surface area contributed by atoms with Crippen molar-refractivity contribution < 1.29 is 18.0 Å². The third-order valence-electron chi connectivity index (χ3n) is 3.11. The summed E-state index contributed by atoms with van der Waals surface area (Å²) in [4.78, 5) is 12.0. The Hall–Kier alpha value is -2.39. The van der Waals surface area contributed by atoms with Crippen LogP contribution in [-0.2, 0) is 5.75 Å². The summed E-state index contributed by atoms with van der Waals surface area (Å²) in [6.07, 6.45) is 0. The molecule has 0 fully saturated rings. The van der Waals surface area contributed by atoms with Crippen LogP contribution in [0.5, 0.6) is 0 Å². The molecule has 0 aliphatic rings. The molecule has 3 aromatic rings. The van der Waals surface area contributed by atoms with Crippen LogP contribution in [0.2, 0.25) is 0 Å². The highest BCUT2D eigenvalue weighted by atomic mass is 32.2. The minimum absolute atomic E-state index is 0.171. The molecule has 1 N–H and O–H groups in total. The number of halogens is 3. The number of carbonyl (C=O) groups excluding carboxylic acids is 1. The largest absolute Gasteiger partial charge is 0.296 e. The van der Waals surface area contributed by atoms with Crippen LogP contribution in [0.3, 0.4) is 0 Å². The number of nitrogens with one attached hydrogen (secondary N) is 1. The number of benzene rings is 2. The maximum atomic E-state index is 13.6. The molecule has 0 saturated carbocycles. The maximum absolute atomic E-state index is 13.6. The molecule has 4 nitrogen and oxygen atoms in total. The lowest BCUT2D eigenvalue weighted by Gasteiger charge is -2.02. The van der Waals surface area contributed by atoms with Crippen LogP contribution < -0.4 is 5.32 Å².